The van der Waals surface area contributed by atoms with Crippen molar-refractivity contribution in [1.82, 2.24) is 0 Å². The van der Waals surface area contributed by atoms with E-state index in [1.54, 1.807) is 25.1 Å². The van der Waals surface area contributed by atoms with Crippen LogP contribution in [0.4, 0.5) is 15.8 Å². The topological polar surface area (TPSA) is 75.4 Å². The van der Waals surface area contributed by atoms with Crippen LogP contribution < -0.4 is 5.32 Å². The molecule has 1 atom stereocenters. The minimum Gasteiger partial charge on any atom is -0.508 e. The van der Waals surface area contributed by atoms with Crippen LogP contribution in [0.5, 0.6) is 5.75 Å². The number of phenols is 1. The number of rotatable bonds is 4. The fraction of sp³-hybridized carbons (Fsp3) is 0.143. The molecule has 0 aliphatic heterocycles. The lowest BCUT2D eigenvalue weighted by atomic mass is 10.1. The minimum absolute atomic E-state index is 0.0231. The molecule has 0 spiro atoms. The summed E-state index contributed by atoms with van der Waals surface area (Å²) in [6, 6.07) is 9.53. The number of anilines is 1. The van der Waals surface area contributed by atoms with Crippen molar-refractivity contribution in [3.05, 3.63) is 64.0 Å². The molecule has 20 heavy (non-hydrogen) atoms. The molecule has 2 rings (SSSR count). The molecule has 0 fully saturated rings. The maximum atomic E-state index is 13.7. The summed E-state index contributed by atoms with van der Waals surface area (Å²) in [6.45, 7) is 1.73. The van der Waals surface area contributed by atoms with Gasteiger partial charge >= 0.3 is 0 Å². The highest BCUT2D eigenvalue weighted by molar-refractivity contribution is 5.54. The van der Waals surface area contributed by atoms with Gasteiger partial charge in [-0.2, -0.15) is 0 Å². The summed E-state index contributed by atoms with van der Waals surface area (Å²) in [7, 11) is 0. The number of aromatic hydroxyl groups is 1. The Bertz CT molecular complexity index is 646. The smallest absolute Gasteiger partial charge is 0.271 e. The molecule has 0 saturated heterocycles. The Hall–Kier alpha value is -2.63. The zero-order valence-corrected chi connectivity index (χ0v) is 10.7. The zero-order chi connectivity index (χ0) is 14.7. The highest BCUT2D eigenvalue weighted by Gasteiger charge is 2.15. The molecule has 104 valence electrons. The van der Waals surface area contributed by atoms with Crippen LogP contribution >= 0.6 is 0 Å². The van der Waals surface area contributed by atoms with Crippen LogP contribution in [0.3, 0.4) is 0 Å². The van der Waals surface area contributed by atoms with Gasteiger partial charge in [0.15, 0.2) is 0 Å². The number of nitrogens with one attached hydrogen (secondary N) is 1. The molecule has 0 aliphatic carbocycles. The molecule has 6 heteroatoms. The number of nitrogens with zero attached hydrogens (tertiary/aromatic N) is 1. The van der Waals surface area contributed by atoms with Gasteiger partial charge in [-0.15, -0.1) is 0 Å². The molecular weight excluding hydrogens is 263 g/mol. The van der Waals surface area contributed by atoms with Crippen LogP contribution in [-0.4, -0.2) is 10.0 Å². The third-order valence-electron chi connectivity index (χ3n) is 2.94. The van der Waals surface area contributed by atoms with Crippen LogP contribution in [0.25, 0.3) is 0 Å². The van der Waals surface area contributed by atoms with Crippen LogP contribution in [-0.2, 0) is 0 Å². The number of non-ortho nitro benzene ring substituents is 1. The lowest BCUT2D eigenvalue weighted by molar-refractivity contribution is -0.384. The van der Waals surface area contributed by atoms with E-state index in [-0.39, 0.29) is 17.1 Å². The summed E-state index contributed by atoms with van der Waals surface area (Å²) >= 11 is 0. The quantitative estimate of drug-likeness (QED) is 0.660. The number of halogens is 1. The van der Waals surface area contributed by atoms with Gasteiger partial charge in [0.2, 0.25) is 0 Å². The van der Waals surface area contributed by atoms with Crippen molar-refractivity contribution in [2.24, 2.45) is 0 Å². The van der Waals surface area contributed by atoms with E-state index in [0.29, 0.717) is 5.56 Å². The van der Waals surface area contributed by atoms with Gasteiger partial charge in [-0.25, -0.2) is 4.39 Å². The summed E-state index contributed by atoms with van der Waals surface area (Å²) in [5.74, 6) is -0.504. The van der Waals surface area contributed by atoms with E-state index >= 15 is 0 Å². The normalized spacial score (nSPS) is 11.9. The number of nitro benzene ring substituents is 1. The Kier molecular flexibility index (Phi) is 3.84. The van der Waals surface area contributed by atoms with E-state index in [9.17, 15) is 19.6 Å². The van der Waals surface area contributed by atoms with E-state index in [1.807, 2.05) is 0 Å². The molecule has 2 N–H and O–H groups in total. The Balaban J connectivity index is 2.28. The molecule has 0 radical (unpaired) electrons. The van der Waals surface area contributed by atoms with Gasteiger partial charge < -0.3 is 10.4 Å². The lowest BCUT2D eigenvalue weighted by Crippen LogP contribution is -2.08. The summed E-state index contributed by atoms with van der Waals surface area (Å²) in [5, 5.41) is 23.2. The molecule has 0 saturated carbocycles. The van der Waals surface area contributed by atoms with Crippen molar-refractivity contribution in [3.63, 3.8) is 0 Å². The average molecular weight is 276 g/mol. The van der Waals surface area contributed by atoms with Crippen molar-refractivity contribution >= 4 is 11.4 Å². The lowest BCUT2D eigenvalue weighted by Gasteiger charge is -2.17. The molecule has 0 amide bonds. The number of hydrogen-bond acceptors (Lipinski definition) is 4. The Morgan fingerprint density at radius 1 is 1.30 bits per heavy atom. The van der Waals surface area contributed by atoms with Gasteiger partial charge in [-0.05, 0) is 19.1 Å². The second-order valence-corrected chi connectivity index (χ2v) is 4.35. The standard InChI is InChI=1S/C14H13FN2O3/c1-9(11-4-2-3-5-14(11)18)16-13-8-10(17(19)20)6-7-12(13)15/h2-9,16,18H,1H3. The Morgan fingerprint density at radius 3 is 2.65 bits per heavy atom. The molecule has 0 bridgehead atoms. The summed E-state index contributed by atoms with van der Waals surface area (Å²) in [4.78, 5) is 10.1. The number of phenolic OH excluding ortho intramolecular Hbond substituents is 1. The first kappa shape index (κ1) is 13.8. The van der Waals surface area contributed by atoms with Crippen LogP contribution in [0, 0.1) is 15.9 Å². The van der Waals surface area contributed by atoms with Crippen molar-refractivity contribution in [3.8, 4) is 5.75 Å². The fourth-order valence-corrected chi connectivity index (χ4v) is 1.90. The molecule has 2 aromatic rings. The number of nitro groups is 1. The molecule has 2 aromatic carbocycles. The SMILES string of the molecule is CC(Nc1cc([N+](=O)[O-])ccc1F)c1ccccc1O. The number of para-hydroxylation sites is 1. The molecule has 0 aliphatic rings. The third-order valence-corrected chi connectivity index (χ3v) is 2.94. The first-order valence-corrected chi connectivity index (χ1v) is 5.97. The predicted octanol–water partition coefficient (Wildman–Crippen LogP) is 3.61. The van der Waals surface area contributed by atoms with Gasteiger partial charge in [-0.3, -0.25) is 10.1 Å². The van der Waals surface area contributed by atoms with E-state index < -0.39 is 16.8 Å². The van der Waals surface area contributed by atoms with Gasteiger partial charge in [0.25, 0.3) is 5.69 Å². The number of hydrogen-bond donors (Lipinski definition) is 2. The predicted molar refractivity (Wildman–Crippen MR) is 73.2 cm³/mol. The van der Waals surface area contributed by atoms with Crippen LogP contribution in [0.15, 0.2) is 42.5 Å². The molecule has 5 nitrogen and oxygen atoms in total. The average Bonchev–Trinajstić information content (AvgIpc) is 2.41. The molecule has 0 aromatic heterocycles. The highest BCUT2D eigenvalue weighted by atomic mass is 19.1. The minimum atomic E-state index is -0.588. The van der Waals surface area contributed by atoms with E-state index in [1.165, 1.54) is 6.07 Å². The van der Waals surface area contributed by atoms with Crippen LogP contribution in [0.1, 0.15) is 18.5 Å². The van der Waals surface area contributed by atoms with E-state index in [2.05, 4.69) is 5.32 Å². The Labute approximate surface area is 114 Å². The largest absolute Gasteiger partial charge is 0.508 e. The van der Waals surface area contributed by atoms with Crippen molar-refractivity contribution in [1.29, 1.82) is 0 Å². The monoisotopic (exact) mass is 276 g/mol. The van der Waals surface area contributed by atoms with Gasteiger partial charge in [0.05, 0.1) is 16.7 Å². The van der Waals surface area contributed by atoms with E-state index in [0.717, 1.165) is 18.2 Å². The molecule has 0 heterocycles. The maximum Gasteiger partial charge on any atom is 0.271 e. The zero-order valence-electron chi connectivity index (χ0n) is 10.7. The second-order valence-electron chi connectivity index (χ2n) is 4.35. The molecular formula is C14H13FN2O3. The molecule has 1 unspecified atom stereocenters. The summed E-state index contributed by atoms with van der Waals surface area (Å²) in [5.41, 5.74) is 0.409. The van der Waals surface area contributed by atoms with Crippen molar-refractivity contribution in [2.45, 2.75) is 13.0 Å². The van der Waals surface area contributed by atoms with E-state index in [4.69, 9.17) is 0 Å². The fourth-order valence-electron chi connectivity index (χ4n) is 1.90. The third kappa shape index (κ3) is 2.85. The van der Waals surface area contributed by atoms with Crippen LogP contribution in [0.2, 0.25) is 0 Å². The first-order chi connectivity index (χ1) is 9.49. The summed E-state index contributed by atoms with van der Waals surface area (Å²) in [6.07, 6.45) is 0. The summed E-state index contributed by atoms with van der Waals surface area (Å²) < 4.78 is 13.7. The number of benzene rings is 2. The van der Waals surface area contributed by atoms with Crippen molar-refractivity contribution < 1.29 is 14.4 Å². The Morgan fingerprint density at radius 2 is 2.00 bits per heavy atom. The maximum absolute atomic E-state index is 13.7. The first-order valence-electron chi connectivity index (χ1n) is 5.97. The van der Waals surface area contributed by atoms with Gasteiger partial charge in [0.1, 0.15) is 11.6 Å². The highest BCUT2D eigenvalue weighted by Crippen LogP contribution is 2.29. The van der Waals surface area contributed by atoms with Gasteiger partial charge in [0, 0.05) is 17.7 Å². The van der Waals surface area contributed by atoms with Crippen molar-refractivity contribution in [2.75, 3.05) is 5.32 Å². The second kappa shape index (κ2) is 5.56. The van der Waals surface area contributed by atoms with Gasteiger partial charge in [-0.1, -0.05) is 18.2 Å².